The van der Waals surface area contributed by atoms with E-state index in [0.717, 1.165) is 32.7 Å². The van der Waals surface area contributed by atoms with Gasteiger partial charge in [-0.3, -0.25) is 4.98 Å². The number of rotatable bonds is 1. The van der Waals surface area contributed by atoms with E-state index >= 15 is 0 Å². The highest BCUT2D eigenvalue weighted by Crippen LogP contribution is 2.34. The number of nitrogen functional groups attached to an aromatic ring is 1. The number of anilines is 1. The first-order valence-electron chi connectivity index (χ1n) is 5.72. The number of aryl methyl sites for hydroxylation is 2. The maximum atomic E-state index is 6.16. The monoisotopic (exact) mass is 290 g/mol. The van der Waals surface area contributed by atoms with Crippen LogP contribution >= 0.6 is 22.9 Å². The second-order valence-electron chi connectivity index (χ2n) is 4.33. The Morgan fingerprint density at radius 3 is 2.68 bits per heavy atom. The van der Waals surface area contributed by atoms with Crippen LogP contribution in [0.4, 0.5) is 5.13 Å². The smallest absolute Gasteiger partial charge is 0.203 e. The zero-order valence-electron chi connectivity index (χ0n) is 10.4. The van der Waals surface area contributed by atoms with E-state index < -0.39 is 0 Å². The molecule has 0 bridgehead atoms. The Hall–Kier alpha value is -1.72. The molecule has 0 amide bonds. The van der Waals surface area contributed by atoms with Crippen molar-refractivity contribution < 1.29 is 0 Å². The van der Waals surface area contributed by atoms with Crippen molar-refractivity contribution >= 4 is 39.0 Å². The predicted molar refractivity (Wildman–Crippen MR) is 79.5 cm³/mol. The predicted octanol–water partition coefficient (Wildman–Crippen LogP) is 3.61. The number of fused-ring (bicyclic) bond motifs is 1. The number of nitrogens with two attached hydrogens (primary N) is 1. The van der Waals surface area contributed by atoms with E-state index in [1.807, 2.05) is 32.0 Å². The van der Waals surface area contributed by atoms with Crippen molar-refractivity contribution in [2.24, 2.45) is 0 Å². The van der Waals surface area contributed by atoms with Gasteiger partial charge in [-0.05, 0) is 31.5 Å². The minimum absolute atomic E-state index is 0.461. The lowest BCUT2D eigenvalue weighted by Crippen LogP contribution is -1.91. The van der Waals surface area contributed by atoms with E-state index in [-0.39, 0.29) is 0 Å². The Balaban J connectivity index is 2.39. The Kier molecular flexibility index (Phi) is 2.88. The molecule has 0 saturated carbocycles. The van der Waals surface area contributed by atoms with Crippen molar-refractivity contribution in [1.29, 1.82) is 0 Å². The molecule has 3 rings (SSSR count). The summed E-state index contributed by atoms with van der Waals surface area (Å²) in [6, 6.07) is 5.84. The van der Waals surface area contributed by atoms with Gasteiger partial charge < -0.3 is 5.73 Å². The van der Waals surface area contributed by atoms with Crippen LogP contribution in [0.25, 0.3) is 21.5 Å². The van der Waals surface area contributed by atoms with Crippen LogP contribution < -0.4 is 5.73 Å². The summed E-state index contributed by atoms with van der Waals surface area (Å²) >= 11 is 7.53. The van der Waals surface area contributed by atoms with E-state index in [1.165, 1.54) is 11.3 Å². The zero-order chi connectivity index (χ0) is 13.6. The molecule has 0 spiro atoms. The van der Waals surface area contributed by atoms with Crippen LogP contribution in [0, 0.1) is 13.8 Å². The fourth-order valence-corrected chi connectivity index (χ4v) is 2.85. The Morgan fingerprint density at radius 2 is 2.00 bits per heavy atom. The van der Waals surface area contributed by atoms with Crippen molar-refractivity contribution in [1.82, 2.24) is 15.2 Å². The molecule has 2 aromatic heterocycles. The minimum atomic E-state index is 0.461. The molecule has 0 aliphatic heterocycles. The Bertz CT molecular complexity index is 782. The second kappa shape index (κ2) is 4.43. The maximum Gasteiger partial charge on any atom is 0.203 e. The van der Waals surface area contributed by atoms with E-state index in [1.54, 1.807) is 0 Å². The van der Waals surface area contributed by atoms with E-state index in [4.69, 9.17) is 17.3 Å². The van der Waals surface area contributed by atoms with E-state index in [0.29, 0.717) is 10.2 Å². The van der Waals surface area contributed by atoms with Gasteiger partial charge in [0.25, 0.3) is 0 Å². The average Bonchev–Trinajstić information content (AvgIpc) is 2.80. The number of nitrogens with zero attached hydrogens (tertiary/aromatic N) is 3. The Morgan fingerprint density at radius 1 is 1.21 bits per heavy atom. The van der Waals surface area contributed by atoms with Crippen LogP contribution in [0.5, 0.6) is 0 Å². The fraction of sp³-hybridized carbons (Fsp3) is 0.154. The third kappa shape index (κ3) is 2.05. The molecular formula is C13H11ClN4S. The molecule has 0 atom stereocenters. The molecule has 0 saturated heterocycles. The van der Waals surface area contributed by atoms with Crippen LogP contribution in [-0.2, 0) is 0 Å². The largest absolute Gasteiger partial charge is 0.374 e. The number of pyridine rings is 1. The molecule has 2 N–H and O–H groups in total. The quantitative estimate of drug-likeness (QED) is 0.743. The summed E-state index contributed by atoms with van der Waals surface area (Å²) in [5.41, 5.74) is 9.45. The first kappa shape index (κ1) is 12.3. The third-order valence-electron chi connectivity index (χ3n) is 2.97. The molecule has 19 heavy (non-hydrogen) atoms. The summed E-state index contributed by atoms with van der Waals surface area (Å²) in [4.78, 5) is 4.57. The highest BCUT2D eigenvalue weighted by molar-refractivity contribution is 7.18. The van der Waals surface area contributed by atoms with Crippen molar-refractivity contribution in [3.8, 4) is 10.6 Å². The molecule has 0 radical (unpaired) electrons. The fourth-order valence-electron chi connectivity index (χ4n) is 2.05. The van der Waals surface area contributed by atoms with Crippen molar-refractivity contribution in [2.45, 2.75) is 13.8 Å². The van der Waals surface area contributed by atoms with Crippen LogP contribution in [-0.4, -0.2) is 15.2 Å². The van der Waals surface area contributed by atoms with Crippen molar-refractivity contribution in [2.75, 3.05) is 5.73 Å². The van der Waals surface area contributed by atoms with Crippen molar-refractivity contribution in [3.63, 3.8) is 0 Å². The summed E-state index contributed by atoms with van der Waals surface area (Å²) in [5.74, 6) is 0. The number of benzene rings is 1. The molecule has 4 nitrogen and oxygen atoms in total. The lowest BCUT2D eigenvalue weighted by atomic mass is 10.0. The Labute approximate surface area is 119 Å². The number of hydrogen-bond donors (Lipinski definition) is 1. The van der Waals surface area contributed by atoms with Gasteiger partial charge >= 0.3 is 0 Å². The standard InChI is InChI=1S/C13H11ClN4S/c1-6-5-9(12-17-18-13(15)19-12)8-3-4-10(14)7(2)11(8)16-6/h3-5H,1-2H3,(H2,15,18). The summed E-state index contributed by atoms with van der Waals surface area (Å²) in [7, 11) is 0. The lowest BCUT2D eigenvalue weighted by Gasteiger charge is -2.08. The van der Waals surface area contributed by atoms with Crippen LogP contribution in [0.3, 0.4) is 0 Å². The van der Waals surface area contributed by atoms with Gasteiger partial charge in [0.15, 0.2) is 0 Å². The van der Waals surface area contributed by atoms with Crippen molar-refractivity contribution in [3.05, 3.63) is 34.5 Å². The zero-order valence-corrected chi connectivity index (χ0v) is 12.0. The summed E-state index contributed by atoms with van der Waals surface area (Å²) in [6.07, 6.45) is 0. The molecule has 3 aromatic rings. The normalized spacial score (nSPS) is 11.1. The summed E-state index contributed by atoms with van der Waals surface area (Å²) in [6.45, 7) is 3.92. The molecule has 1 aromatic carbocycles. The molecule has 0 unspecified atom stereocenters. The van der Waals surface area contributed by atoms with Gasteiger partial charge in [-0.25, -0.2) is 0 Å². The van der Waals surface area contributed by atoms with Crippen LogP contribution in [0.15, 0.2) is 18.2 Å². The molecule has 0 fully saturated rings. The molecule has 96 valence electrons. The molecule has 0 aliphatic carbocycles. The average molecular weight is 291 g/mol. The van der Waals surface area contributed by atoms with Gasteiger partial charge in [0.1, 0.15) is 5.01 Å². The van der Waals surface area contributed by atoms with E-state index in [9.17, 15) is 0 Å². The molecule has 6 heteroatoms. The number of halogens is 1. The van der Waals surface area contributed by atoms with Gasteiger partial charge in [0, 0.05) is 21.7 Å². The maximum absolute atomic E-state index is 6.16. The molecule has 2 heterocycles. The highest BCUT2D eigenvalue weighted by Gasteiger charge is 2.13. The highest BCUT2D eigenvalue weighted by atomic mass is 35.5. The number of aromatic nitrogens is 3. The van der Waals surface area contributed by atoms with Gasteiger partial charge in [-0.15, -0.1) is 10.2 Å². The molecule has 0 aliphatic rings. The van der Waals surface area contributed by atoms with Crippen LogP contribution in [0.1, 0.15) is 11.3 Å². The topological polar surface area (TPSA) is 64.7 Å². The van der Waals surface area contributed by atoms with Gasteiger partial charge in [0.2, 0.25) is 5.13 Å². The third-order valence-corrected chi connectivity index (χ3v) is 4.16. The number of hydrogen-bond acceptors (Lipinski definition) is 5. The van der Waals surface area contributed by atoms with E-state index in [2.05, 4.69) is 15.2 Å². The minimum Gasteiger partial charge on any atom is -0.374 e. The molecular weight excluding hydrogens is 280 g/mol. The second-order valence-corrected chi connectivity index (χ2v) is 5.74. The summed E-state index contributed by atoms with van der Waals surface area (Å²) < 4.78 is 0. The first-order chi connectivity index (χ1) is 9.06. The van der Waals surface area contributed by atoms with Gasteiger partial charge in [-0.1, -0.05) is 29.0 Å². The SMILES string of the molecule is Cc1cc(-c2nnc(N)s2)c2ccc(Cl)c(C)c2n1. The van der Waals surface area contributed by atoms with Crippen LogP contribution in [0.2, 0.25) is 5.02 Å². The first-order valence-corrected chi connectivity index (χ1v) is 6.91. The van der Waals surface area contributed by atoms with Gasteiger partial charge in [-0.2, -0.15) is 0 Å². The lowest BCUT2D eigenvalue weighted by molar-refractivity contribution is 1.10. The summed E-state index contributed by atoms with van der Waals surface area (Å²) in [5, 5.41) is 11.0. The van der Waals surface area contributed by atoms with Gasteiger partial charge in [0.05, 0.1) is 5.52 Å².